The minimum absolute atomic E-state index is 0.479. The lowest BCUT2D eigenvalue weighted by Crippen LogP contribution is -2.02. The quantitative estimate of drug-likeness (QED) is 0.669. The van der Waals surface area contributed by atoms with Crippen molar-refractivity contribution in [3.8, 4) is 12.1 Å². The van der Waals surface area contributed by atoms with Gasteiger partial charge in [-0.3, -0.25) is 0 Å². The van der Waals surface area contributed by atoms with Crippen molar-refractivity contribution in [3.05, 3.63) is 23.3 Å². The highest BCUT2D eigenvalue weighted by molar-refractivity contribution is 8.05. The summed E-state index contributed by atoms with van der Waals surface area (Å²) in [4.78, 5) is 2.25. The number of benzene rings is 1. The summed E-state index contributed by atoms with van der Waals surface area (Å²) in [5.41, 5.74) is 0.959. The van der Waals surface area contributed by atoms with Crippen LogP contribution >= 0.6 is 47.0 Å². The number of nitriles is 2. The molecule has 0 bridgehead atoms. The minimum atomic E-state index is 0.479. The van der Waals surface area contributed by atoms with Gasteiger partial charge in [-0.1, -0.05) is 0 Å². The van der Waals surface area contributed by atoms with Crippen LogP contribution in [0.1, 0.15) is 11.1 Å². The largest absolute Gasteiger partial charge is 0.380 e. The molecule has 23 heavy (non-hydrogen) atoms. The van der Waals surface area contributed by atoms with Crippen molar-refractivity contribution in [2.75, 3.05) is 47.7 Å². The third-order valence-electron chi connectivity index (χ3n) is 3.04. The maximum absolute atomic E-state index is 9.22. The van der Waals surface area contributed by atoms with E-state index in [2.05, 4.69) is 12.1 Å². The summed E-state index contributed by atoms with van der Waals surface area (Å²) < 4.78 is 5.60. The number of thioether (sulfide) groups is 4. The Morgan fingerprint density at radius 3 is 1.65 bits per heavy atom. The van der Waals surface area contributed by atoms with Crippen LogP contribution in [0, 0.1) is 22.7 Å². The molecule has 0 saturated carbocycles. The monoisotopic (exact) mass is 382 g/mol. The lowest BCUT2D eigenvalue weighted by molar-refractivity contribution is 0.167. The number of nitrogens with zero attached hydrogens (tertiary/aromatic N) is 2. The molecule has 1 aliphatic rings. The third-order valence-corrected chi connectivity index (χ3v) is 7.70. The summed E-state index contributed by atoms with van der Waals surface area (Å²) in [6.45, 7) is 1.65. The SMILES string of the molecule is N#Cc1cc2c(cc1C#N)SCCSCCOCCSCCS2. The first-order valence-corrected chi connectivity index (χ1v) is 11.6. The maximum atomic E-state index is 9.22. The van der Waals surface area contributed by atoms with Gasteiger partial charge in [0.25, 0.3) is 0 Å². The van der Waals surface area contributed by atoms with Crippen LogP contribution in [0.2, 0.25) is 0 Å². The zero-order chi connectivity index (χ0) is 16.3. The molecule has 1 aliphatic heterocycles. The van der Waals surface area contributed by atoms with Crippen molar-refractivity contribution in [3.63, 3.8) is 0 Å². The molecule has 1 aromatic rings. The molecule has 2 rings (SSSR count). The van der Waals surface area contributed by atoms with Crippen molar-refractivity contribution in [1.29, 1.82) is 10.5 Å². The summed E-state index contributed by atoms with van der Waals surface area (Å²) >= 11 is 7.36. The number of rotatable bonds is 0. The van der Waals surface area contributed by atoms with Gasteiger partial charge in [-0.05, 0) is 12.1 Å². The van der Waals surface area contributed by atoms with Crippen molar-refractivity contribution >= 4 is 47.0 Å². The molecular weight excluding hydrogens is 364 g/mol. The topological polar surface area (TPSA) is 56.8 Å². The van der Waals surface area contributed by atoms with Crippen LogP contribution in [-0.4, -0.2) is 47.7 Å². The molecule has 0 unspecified atom stereocenters. The van der Waals surface area contributed by atoms with E-state index >= 15 is 0 Å². The fourth-order valence-electron chi connectivity index (χ4n) is 1.93. The van der Waals surface area contributed by atoms with Crippen LogP contribution in [0.5, 0.6) is 0 Å². The van der Waals surface area contributed by atoms with Crippen LogP contribution < -0.4 is 0 Å². The molecular formula is C16H18N2OS4. The fraction of sp³-hybridized carbons (Fsp3) is 0.500. The van der Waals surface area contributed by atoms with E-state index in [1.54, 1.807) is 23.5 Å². The number of ether oxygens (including phenoxy) is 1. The molecule has 122 valence electrons. The van der Waals surface area contributed by atoms with Gasteiger partial charge in [-0.25, -0.2) is 0 Å². The molecule has 3 nitrogen and oxygen atoms in total. The van der Waals surface area contributed by atoms with E-state index in [0.717, 1.165) is 57.5 Å². The van der Waals surface area contributed by atoms with E-state index in [1.807, 2.05) is 35.7 Å². The predicted molar refractivity (Wildman–Crippen MR) is 103 cm³/mol. The summed E-state index contributed by atoms with van der Waals surface area (Å²) in [6.07, 6.45) is 0. The van der Waals surface area contributed by atoms with Gasteiger partial charge in [0, 0.05) is 44.3 Å². The first-order chi connectivity index (χ1) is 11.3. The van der Waals surface area contributed by atoms with Crippen LogP contribution in [0.4, 0.5) is 0 Å². The lowest BCUT2D eigenvalue weighted by atomic mass is 10.1. The molecule has 1 aromatic carbocycles. The molecule has 0 aromatic heterocycles. The molecule has 0 fully saturated rings. The highest BCUT2D eigenvalue weighted by atomic mass is 32.2. The van der Waals surface area contributed by atoms with Gasteiger partial charge in [0.1, 0.15) is 12.1 Å². The molecule has 7 heteroatoms. The molecule has 0 aliphatic carbocycles. The average Bonchev–Trinajstić information content (AvgIpc) is 2.59. The van der Waals surface area contributed by atoms with E-state index in [-0.39, 0.29) is 0 Å². The van der Waals surface area contributed by atoms with Crippen molar-refractivity contribution in [1.82, 2.24) is 0 Å². The Morgan fingerprint density at radius 2 is 1.22 bits per heavy atom. The molecule has 0 amide bonds. The Labute approximate surface area is 154 Å². The van der Waals surface area contributed by atoms with Gasteiger partial charge in [0.05, 0.1) is 24.3 Å². The molecule has 0 saturated heterocycles. The van der Waals surface area contributed by atoms with Gasteiger partial charge in [-0.2, -0.15) is 34.0 Å². The van der Waals surface area contributed by atoms with Crippen molar-refractivity contribution in [2.24, 2.45) is 0 Å². The van der Waals surface area contributed by atoms with Crippen molar-refractivity contribution in [2.45, 2.75) is 9.79 Å². The summed E-state index contributed by atoms with van der Waals surface area (Å²) in [7, 11) is 0. The minimum Gasteiger partial charge on any atom is -0.380 e. The van der Waals surface area contributed by atoms with Crippen LogP contribution in [0.3, 0.4) is 0 Å². The number of fused-ring (bicyclic) bond motifs is 1. The van der Waals surface area contributed by atoms with E-state index in [0.29, 0.717) is 11.1 Å². The first kappa shape index (κ1) is 18.9. The Hall–Kier alpha value is -0.440. The zero-order valence-corrected chi connectivity index (χ0v) is 16.0. The first-order valence-electron chi connectivity index (χ1n) is 7.32. The van der Waals surface area contributed by atoms with Crippen LogP contribution in [0.15, 0.2) is 21.9 Å². The predicted octanol–water partition coefficient (Wildman–Crippen LogP) is 4.11. The number of hydrogen-bond acceptors (Lipinski definition) is 7. The van der Waals surface area contributed by atoms with E-state index < -0.39 is 0 Å². The Morgan fingerprint density at radius 1 is 0.739 bits per heavy atom. The van der Waals surface area contributed by atoms with Gasteiger partial charge in [-0.15, -0.1) is 23.5 Å². The molecule has 0 N–H and O–H groups in total. The number of hydrogen-bond donors (Lipinski definition) is 0. The Balaban J connectivity index is 2.12. The summed E-state index contributed by atoms with van der Waals surface area (Å²) in [5.74, 6) is 6.20. The second-order valence-corrected chi connectivity index (χ2v) is 9.33. The van der Waals surface area contributed by atoms with Crippen LogP contribution in [0.25, 0.3) is 0 Å². The van der Waals surface area contributed by atoms with E-state index in [9.17, 15) is 10.5 Å². The van der Waals surface area contributed by atoms with Gasteiger partial charge in [0.15, 0.2) is 0 Å². The van der Waals surface area contributed by atoms with E-state index in [1.165, 1.54) is 0 Å². The average molecular weight is 383 g/mol. The normalized spacial score (nSPS) is 17.8. The second kappa shape index (κ2) is 11.2. The molecule has 0 radical (unpaired) electrons. The summed E-state index contributed by atoms with van der Waals surface area (Å²) in [5, 5.41) is 18.4. The smallest absolute Gasteiger partial charge is 0.101 e. The standard InChI is InChI=1S/C16H18N2OS4/c17-11-13-9-15-16(10-14(13)12-18)23-8-6-21-4-2-19-1-3-20-5-7-22-15/h9-10H,1-8H2. The maximum Gasteiger partial charge on any atom is 0.101 e. The highest BCUT2D eigenvalue weighted by Crippen LogP contribution is 2.34. The van der Waals surface area contributed by atoms with Gasteiger partial charge in [0.2, 0.25) is 0 Å². The summed E-state index contributed by atoms with van der Waals surface area (Å²) in [6, 6.07) is 8.04. The fourth-order valence-corrected chi connectivity index (χ4v) is 6.02. The van der Waals surface area contributed by atoms with Gasteiger partial charge < -0.3 is 4.74 Å². The van der Waals surface area contributed by atoms with Crippen molar-refractivity contribution < 1.29 is 4.74 Å². The zero-order valence-electron chi connectivity index (χ0n) is 12.7. The van der Waals surface area contributed by atoms with Crippen LogP contribution in [-0.2, 0) is 4.74 Å². The second-order valence-electron chi connectivity index (χ2n) is 4.60. The Kier molecular flexibility index (Phi) is 9.18. The Bertz CT molecular complexity index is 544. The third kappa shape index (κ3) is 6.52. The molecule has 1 heterocycles. The lowest BCUT2D eigenvalue weighted by Gasteiger charge is -2.10. The highest BCUT2D eigenvalue weighted by Gasteiger charge is 2.11. The molecule has 0 atom stereocenters. The van der Waals surface area contributed by atoms with E-state index in [4.69, 9.17) is 4.74 Å². The molecule has 0 spiro atoms. The van der Waals surface area contributed by atoms with Gasteiger partial charge >= 0.3 is 0 Å².